The quantitative estimate of drug-likeness (QED) is 0.0845. The predicted octanol–water partition coefficient (Wildman–Crippen LogP) is 14.9. The Bertz CT molecular complexity index is 2100. The molecule has 1 aliphatic heterocycles. The van der Waals surface area contributed by atoms with Gasteiger partial charge in [0.05, 0.1) is 29.1 Å². The number of benzene rings is 4. The zero-order chi connectivity index (χ0) is 45.1. The van der Waals surface area contributed by atoms with Gasteiger partial charge >= 0.3 is 0 Å². The van der Waals surface area contributed by atoms with Gasteiger partial charge in [-0.05, 0) is 169 Å². The van der Waals surface area contributed by atoms with Crippen LogP contribution in [0.25, 0.3) is 11.6 Å². The predicted molar refractivity (Wildman–Crippen MR) is 270 cm³/mol. The van der Waals surface area contributed by atoms with Crippen molar-refractivity contribution in [2.24, 2.45) is 0 Å². The van der Waals surface area contributed by atoms with Crippen molar-refractivity contribution >= 4 is 62.8 Å². The highest BCUT2D eigenvalue weighted by atomic mass is 32.3. The van der Waals surface area contributed by atoms with Gasteiger partial charge in [-0.15, -0.1) is 10.3 Å². The molecule has 0 N–H and O–H groups in total. The first-order valence-corrected chi connectivity index (χ1v) is 25.6. The van der Waals surface area contributed by atoms with Gasteiger partial charge in [-0.3, -0.25) is 9.63 Å². The summed E-state index contributed by atoms with van der Waals surface area (Å²) >= 11 is 1.88. The van der Waals surface area contributed by atoms with Crippen LogP contribution in [0, 0.1) is 0 Å². The fourth-order valence-corrected chi connectivity index (χ4v) is 8.60. The van der Waals surface area contributed by atoms with E-state index in [1.165, 1.54) is 29.8 Å². The molecule has 1 fully saturated rings. The number of hydroxylamine groups is 2. The summed E-state index contributed by atoms with van der Waals surface area (Å²) in [6.07, 6.45) is 13.4. The lowest BCUT2D eigenvalue weighted by molar-refractivity contribution is 0.0758. The number of hydrogen-bond donors (Lipinski definition) is 0. The van der Waals surface area contributed by atoms with Gasteiger partial charge in [0.15, 0.2) is 0 Å². The Morgan fingerprint density at radius 3 is 1.70 bits per heavy atom. The first kappa shape index (κ1) is 48.3. The van der Waals surface area contributed by atoms with Crippen molar-refractivity contribution in [1.82, 2.24) is 0 Å². The Hall–Kier alpha value is -3.69. The topological polar surface area (TPSA) is 45.2 Å². The molecule has 2 unspecified atom stereocenters. The number of nitrogens with zero attached hydrogens (tertiary/aromatic N) is 3. The molecule has 2 atom stereocenters. The van der Waals surface area contributed by atoms with E-state index in [0.29, 0.717) is 23.3 Å². The van der Waals surface area contributed by atoms with E-state index >= 15 is 0 Å². The lowest BCUT2D eigenvalue weighted by Gasteiger charge is -2.49. The maximum Gasteiger partial charge on any atom is 0.150 e. The summed E-state index contributed by atoms with van der Waals surface area (Å²) < 4.78 is 7.38. The summed E-state index contributed by atoms with van der Waals surface area (Å²) in [4.78, 5) is 20.2. The molecule has 2 aliphatic rings. The lowest BCUT2D eigenvalue weighted by Crippen LogP contribution is -2.44. The SMILES string of the molecule is CCON(c1ccc(C(=Cc2ccc(N3c4ccc(C=O)cc4C4CCCC43)cc2)c2ccc(N(OS(C)(C)C(C)(C)C)C(C)(C)C)cc2)cc1)C(C)(C)C.CSC(C)(C)C. The van der Waals surface area contributed by atoms with Crippen LogP contribution in [-0.4, -0.2) is 58.3 Å². The minimum absolute atomic E-state index is 0.0235. The van der Waals surface area contributed by atoms with Crippen molar-refractivity contribution in [2.75, 3.05) is 40.4 Å². The number of fused-ring (bicyclic) bond motifs is 3. The molecule has 0 bridgehead atoms. The number of carbonyl (C=O) groups is 1. The molecular formula is C53H75N3O3S2. The minimum atomic E-state index is -1.42. The van der Waals surface area contributed by atoms with E-state index in [4.69, 9.17) is 9.12 Å². The van der Waals surface area contributed by atoms with E-state index < -0.39 is 10.3 Å². The van der Waals surface area contributed by atoms with Gasteiger partial charge in [0, 0.05) is 38.4 Å². The molecule has 4 aromatic rings. The van der Waals surface area contributed by atoms with E-state index in [1.54, 1.807) is 0 Å². The third-order valence-corrected chi connectivity index (χ3v) is 16.5. The highest BCUT2D eigenvalue weighted by Gasteiger charge is 2.42. The molecular weight excluding hydrogens is 791 g/mol. The van der Waals surface area contributed by atoms with Gasteiger partial charge in [-0.2, -0.15) is 11.8 Å². The maximum absolute atomic E-state index is 11.6. The van der Waals surface area contributed by atoms with Crippen LogP contribution >= 0.6 is 22.1 Å². The highest BCUT2D eigenvalue weighted by molar-refractivity contribution is 8.29. The summed E-state index contributed by atoms with van der Waals surface area (Å²) in [6.45, 7) is 29.1. The van der Waals surface area contributed by atoms with Crippen LogP contribution in [0.1, 0.15) is 148 Å². The average molecular weight is 866 g/mol. The second-order valence-electron chi connectivity index (χ2n) is 20.7. The van der Waals surface area contributed by atoms with Gasteiger partial charge in [0.25, 0.3) is 0 Å². The van der Waals surface area contributed by atoms with Crippen molar-refractivity contribution in [3.05, 3.63) is 119 Å². The molecule has 8 heteroatoms. The van der Waals surface area contributed by atoms with Crippen molar-refractivity contribution in [3.8, 4) is 0 Å². The van der Waals surface area contributed by atoms with Gasteiger partial charge < -0.3 is 4.90 Å². The molecule has 0 radical (unpaired) electrons. The van der Waals surface area contributed by atoms with Gasteiger partial charge in [-0.1, -0.05) is 84.4 Å². The molecule has 61 heavy (non-hydrogen) atoms. The number of hydrogen-bond acceptors (Lipinski definition) is 7. The monoisotopic (exact) mass is 866 g/mol. The Morgan fingerprint density at radius 2 is 1.25 bits per heavy atom. The van der Waals surface area contributed by atoms with E-state index in [1.807, 2.05) is 29.8 Å². The number of aldehydes is 1. The third-order valence-electron chi connectivity index (χ3n) is 11.8. The fourth-order valence-electron chi connectivity index (χ4n) is 7.69. The van der Waals surface area contributed by atoms with Gasteiger partial charge in [0.1, 0.15) is 6.29 Å². The second-order valence-corrected chi connectivity index (χ2v) is 26.2. The standard InChI is InChI=1S/C48H63N3O3S.C5H12S/c1-13-53-50(46(2,3)4)39-26-20-36(21-27-39)42(37-22-28-40(29-23-37)51(47(5,6)7)54-55(11,12)48(8,9)10)31-34-17-24-38(25-18-34)49-44-16-14-15-41(44)43-32-35(33-52)19-30-45(43)49;1-5(2,3)6-4/h17-33,41,44H,13-16H2,1-12H3;1-4H3. The normalized spacial score (nSPS) is 17.3. The second kappa shape index (κ2) is 19.0. The summed E-state index contributed by atoms with van der Waals surface area (Å²) in [5.41, 5.74) is 10.7. The van der Waals surface area contributed by atoms with Gasteiger partial charge in [0.2, 0.25) is 0 Å². The summed E-state index contributed by atoms with van der Waals surface area (Å²) in [5, 5.41) is 4.11. The first-order chi connectivity index (χ1) is 28.4. The summed E-state index contributed by atoms with van der Waals surface area (Å²) in [5.74, 6) is 0.476. The molecule has 0 spiro atoms. The number of thioether (sulfide) groups is 1. The molecule has 332 valence electrons. The summed E-state index contributed by atoms with van der Waals surface area (Å²) in [7, 11) is -1.42. The van der Waals surface area contributed by atoms with E-state index in [-0.39, 0.29) is 15.8 Å². The molecule has 1 heterocycles. The molecule has 0 saturated heterocycles. The lowest BCUT2D eigenvalue weighted by atomic mass is 9.94. The van der Waals surface area contributed by atoms with Crippen LogP contribution in [0.2, 0.25) is 0 Å². The smallest absolute Gasteiger partial charge is 0.150 e. The number of anilines is 4. The van der Waals surface area contributed by atoms with Crippen molar-refractivity contribution < 1.29 is 13.9 Å². The maximum atomic E-state index is 11.6. The van der Waals surface area contributed by atoms with Crippen LogP contribution in [-0.2, 0) is 9.12 Å². The molecule has 0 amide bonds. The Kier molecular flexibility index (Phi) is 15.0. The summed E-state index contributed by atoms with van der Waals surface area (Å²) in [6, 6.07) is 33.2. The number of carbonyl (C=O) groups excluding carboxylic acids is 1. The van der Waals surface area contributed by atoms with E-state index in [0.717, 1.165) is 51.9 Å². The van der Waals surface area contributed by atoms with Crippen molar-refractivity contribution in [3.63, 3.8) is 0 Å². The minimum Gasteiger partial charge on any atom is -0.338 e. The van der Waals surface area contributed by atoms with Crippen molar-refractivity contribution in [2.45, 2.75) is 142 Å². The van der Waals surface area contributed by atoms with Gasteiger partial charge in [-0.25, -0.2) is 14.4 Å². The van der Waals surface area contributed by atoms with Crippen LogP contribution in [0.3, 0.4) is 0 Å². The zero-order valence-electron chi connectivity index (χ0n) is 40.2. The highest BCUT2D eigenvalue weighted by Crippen LogP contribution is 2.56. The third kappa shape index (κ3) is 11.7. The fraction of sp³-hybridized carbons (Fsp3) is 0.491. The average Bonchev–Trinajstić information content (AvgIpc) is 3.78. The van der Waals surface area contributed by atoms with Crippen LogP contribution < -0.4 is 15.0 Å². The number of rotatable bonds is 11. The van der Waals surface area contributed by atoms with Crippen LogP contribution in [0.4, 0.5) is 22.7 Å². The zero-order valence-corrected chi connectivity index (χ0v) is 41.8. The molecule has 1 aliphatic carbocycles. The Balaban J connectivity index is 0.00000109. The van der Waals surface area contributed by atoms with E-state index in [9.17, 15) is 4.79 Å². The van der Waals surface area contributed by atoms with Crippen LogP contribution in [0.15, 0.2) is 91.0 Å². The van der Waals surface area contributed by atoms with Crippen molar-refractivity contribution in [1.29, 1.82) is 0 Å². The Labute approximate surface area is 375 Å². The molecule has 6 rings (SSSR count). The van der Waals surface area contributed by atoms with E-state index in [2.05, 4.69) is 203 Å². The molecule has 0 aromatic heterocycles. The molecule has 4 aromatic carbocycles. The Morgan fingerprint density at radius 1 is 0.738 bits per heavy atom. The molecule has 6 nitrogen and oxygen atoms in total. The molecule has 1 saturated carbocycles. The first-order valence-electron chi connectivity index (χ1n) is 22.0. The largest absolute Gasteiger partial charge is 0.338 e. The van der Waals surface area contributed by atoms with Crippen LogP contribution in [0.5, 0.6) is 0 Å².